The second kappa shape index (κ2) is 5.79. The van der Waals surface area contributed by atoms with Crippen LogP contribution in [0.15, 0.2) is 12.1 Å². The molecule has 2 heterocycles. The van der Waals surface area contributed by atoms with Crippen molar-refractivity contribution in [2.75, 3.05) is 7.11 Å². The van der Waals surface area contributed by atoms with Gasteiger partial charge in [0.25, 0.3) is 5.91 Å². The number of rotatable bonds is 2. The van der Waals surface area contributed by atoms with Gasteiger partial charge < -0.3 is 9.64 Å². The average Bonchev–Trinajstić information content (AvgIpc) is 3.09. The summed E-state index contributed by atoms with van der Waals surface area (Å²) in [5.74, 6) is 0.178. The van der Waals surface area contributed by atoms with E-state index in [0.717, 1.165) is 35.4 Å². The first-order valence-electron chi connectivity index (χ1n) is 7.58. The minimum atomic E-state index is -0.405. The Morgan fingerprint density at radius 1 is 1.29 bits per heavy atom. The number of hydrogen-bond acceptors (Lipinski definition) is 4. The van der Waals surface area contributed by atoms with Crippen LogP contribution in [0.4, 0.5) is 0 Å². The average molecular weight is 307 g/mol. The van der Waals surface area contributed by atoms with Gasteiger partial charge in [-0.05, 0) is 44.2 Å². The van der Waals surface area contributed by atoms with Crippen LogP contribution in [-0.2, 0) is 9.53 Å². The van der Waals surface area contributed by atoms with Gasteiger partial charge in [-0.1, -0.05) is 12.8 Å². The summed E-state index contributed by atoms with van der Waals surface area (Å²) in [6.07, 6.45) is 5.23. The van der Waals surface area contributed by atoms with Crippen LogP contribution in [0.2, 0.25) is 0 Å². The molecular weight excluding hydrogens is 286 g/mol. The van der Waals surface area contributed by atoms with E-state index in [1.54, 1.807) is 0 Å². The molecule has 1 aliphatic heterocycles. The van der Waals surface area contributed by atoms with Crippen molar-refractivity contribution in [3.05, 3.63) is 21.9 Å². The first-order valence-corrected chi connectivity index (χ1v) is 8.40. The van der Waals surface area contributed by atoms with Gasteiger partial charge in [0.2, 0.25) is 0 Å². The lowest BCUT2D eigenvalue weighted by molar-refractivity contribution is -0.145. The second-order valence-corrected chi connectivity index (χ2v) is 7.30. The summed E-state index contributed by atoms with van der Waals surface area (Å²) in [7, 11) is 1.41. The minimum absolute atomic E-state index is 0.00194. The molecule has 21 heavy (non-hydrogen) atoms. The number of esters is 1. The lowest BCUT2D eigenvalue weighted by Crippen LogP contribution is -2.46. The highest BCUT2D eigenvalue weighted by Crippen LogP contribution is 2.41. The van der Waals surface area contributed by atoms with Crippen molar-refractivity contribution in [1.29, 1.82) is 0 Å². The SMILES string of the molecule is COC(=O)C1CC2CCCCC2N1C(=O)c1ccc(C)s1. The van der Waals surface area contributed by atoms with Gasteiger partial charge in [-0.25, -0.2) is 4.79 Å². The Kier molecular flexibility index (Phi) is 4.02. The quantitative estimate of drug-likeness (QED) is 0.789. The molecule has 1 amide bonds. The molecule has 0 spiro atoms. The van der Waals surface area contributed by atoms with Crippen LogP contribution in [0.25, 0.3) is 0 Å². The number of ether oxygens (including phenoxy) is 1. The van der Waals surface area contributed by atoms with Gasteiger partial charge in [0, 0.05) is 10.9 Å². The van der Waals surface area contributed by atoms with E-state index in [0.29, 0.717) is 5.92 Å². The van der Waals surface area contributed by atoms with Crippen LogP contribution in [0.3, 0.4) is 0 Å². The fourth-order valence-electron chi connectivity index (χ4n) is 3.78. The molecule has 114 valence electrons. The number of hydrogen-bond donors (Lipinski definition) is 0. The summed E-state index contributed by atoms with van der Waals surface area (Å²) < 4.78 is 4.93. The molecule has 0 radical (unpaired) electrons. The highest BCUT2D eigenvalue weighted by atomic mass is 32.1. The zero-order valence-corrected chi connectivity index (χ0v) is 13.3. The molecule has 0 N–H and O–H groups in total. The Labute approximate surface area is 129 Å². The number of fused-ring (bicyclic) bond motifs is 1. The van der Waals surface area contributed by atoms with E-state index < -0.39 is 6.04 Å². The van der Waals surface area contributed by atoms with Crippen molar-refractivity contribution >= 4 is 23.2 Å². The molecule has 3 rings (SSSR count). The van der Waals surface area contributed by atoms with Crippen LogP contribution in [0.5, 0.6) is 0 Å². The predicted molar refractivity (Wildman–Crippen MR) is 81.4 cm³/mol. The van der Waals surface area contributed by atoms with Crippen molar-refractivity contribution in [2.24, 2.45) is 5.92 Å². The molecule has 3 unspecified atom stereocenters. The number of methoxy groups -OCH3 is 1. The normalized spacial score (nSPS) is 28.3. The van der Waals surface area contributed by atoms with Gasteiger partial charge in [-0.3, -0.25) is 4.79 Å². The van der Waals surface area contributed by atoms with Gasteiger partial charge in [0.1, 0.15) is 6.04 Å². The zero-order valence-electron chi connectivity index (χ0n) is 12.5. The fraction of sp³-hybridized carbons (Fsp3) is 0.625. The first kappa shape index (κ1) is 14.6. The third kappa shape index (κ3) is 2.59. The number of carbonyl (C=O) groups is 2. The lowest BCUT2D eigenvalue weighted by atomic mass is 9.85. The first-order chi connectivity index (χ1) is 10.1. The molecule has 1 aromatic rings. The Morgan fingerprint density at radius 2 is 2.05 bits per heavy atom. The molecule has 0 bridgehead atoms. The maximum Gasteiger partial charge on any atom is 0.328 e. The maximum atomic E-state index is 12.9. The van der Waals surface area contributed by atoms with E-state index in [1.165, 1.54) is 24.9 Å². The van der Waals surface area contributed by atoms with E-state index in [2.05, 4.69) is 0 Å². The molecule has 4 nitrogen and oxygen atoms in total. The van der Waals surface area contributed by atoms with E-state index in [1.807, 2.05) is 24.0 Å². The number of aryl methyl sites for hydroxylation is 1. The minimum Gasteiger partial charge on any atom is -0.467 e. The number of thiophene rings is 1. The van der Waals surface area contributed by atoms with E-state index in [-0.39, 0.29) is 17.9 Å². The molecule has 5 heteroatoms. The molecule has 3 atom stereocenters. The number of nitrogens with zero attached hydrogens (tertiary/aromatic N) is 1. The molecule has 0 aromatic carbocycles. The summed E-state index contributed by atoms with van der Waals surface area (Å²) in [4.78, 5) is 28.6. The third-order valence-electron chi connectivity index (χ3n) is 4.75. The monoisotopic (exact) mass is 307 g/mol. The van der Waals surface area contributed by atoms with Gasteiger partial charge in [0.15, 0.2) is 0 Å². The van der Waals surface area contributed by atoms with E-state index in [9.17, 15) is 9.59 Å². The smallest absolute Gasteiger partial charge is 0.328 e. The summed E-state index contributed by atoms with van der Waals surface area (Å²) in [5.41, 5.74) is 0. The van der Waals surface area contributed by atoms with Crippen molar-refractivity contribution in [3.8, 4) is 0 Å². The fourth-order valence-corrected chi connectivity index (χ4v) is 4.59. The van der Waals surface area contributed by atoms with Crippen molar-refractivity contribution in [2.45, 2.75) is 51.1 Å². The van der Waals surface area contributed by atoms with E-state index >= 15 is 0 Å². The van der Waals surface area contributed by atoms with Gasteiger partial charge in [-0.15, -0.1) is 11.3 Å². The highest BCUT2D eigenvalue weighted by molar-refractivity contribution is 7.13. The zero-order chi connectivity index (χ0) is 15.0. The Morgan fingerprint density at radius 3 is 2.71 bits per heavy atom. The van der Waals surface area contributed by atoms with Crippen molar-refractivity contribution in [1.82, 2.24) is 4.90 Å². The van der Waals surface area contributed by atoms with Crippen molar-refractivity contribution in [3.63, 3.8) is 0 Å². The summed E-state index contributed by atoms with van der Waals surface area (Å²) >= 11 is 1.50. The molecule has 1 saturated heterocycles. The van der Waals surface area contributed by atoms with Crippen LogP contribution in [0.1, 0.15) is 46.7 Å². The molecule has 1 aromatic heterocycles. The number of likely N-dealkylation sites (tertiary alicyclic amines) is 1. The number of amides is 1. The largest absolute Gasteiger partial charge is 0.467 e. The van der Waals surface area contributed by atoms with Crippen molar-refractivity contribution < 1.29 is 14.3 Å². The third-order valence-corrected chi connectivity index (χ3v) is 5.74. The molecule has 2 fully saturated rings. The second-order valence-electron chi connectivity index (χ2n) is 6.01. The summed E-state index contributed by atoms with van der Waals surface area (Å²) in [6.45, 7) is 1.99. The van der Waals surface area contributed by atoms with Crippen LogP contribution in [-0.4, -0.2) is 36.0 Å². The molecule has 1 saturated carbocycles. The Balaban J connectivity index is 1.90. The lowest BCUT2D eigenvalue weighted by Gasteiger charge is -2.33. The molecular formula is C16H21NO3S. The molecule has 2 aliphatic rings. The summed E-state index contributed by atoms with van der Waals surface area (Å²) in [6, 6.07) is 3.63. The van der Waals surface area contributed by atoms with Gasteiger partial charge in [0.05, 0.1) is 12.0 Å². The standard InChI is InChI=1S/C16H21NO3S/c1-10-7-8-14(21-10)15(18)17-12-6-4-3-5-11(12)9-13(17)16(19)20-2/h7-8,11-13H,3-6,9H2,1-2H3. The van der Waals surface area contributed by atoms with Crippen LogP contribution in [0, 0.1) is 12.8 Å². The Bertz CT molecular complexity index is 553. The van der Waals surface area contributed by atoms with Crippen LogP contribution >= 0.6 is 11.3 Å². The van der Waals surface area contributed by atoms with E-state index in [4.69, 9.17) is 4.74 Å². The van der Waals surface area contributed by atoms with Crippen LogP contribution < -0.4 is 0 Å². The predicted octanol–water partition coefficient (Wildman–Crippen LogP) is 3.00. The van der Waals surface area contributed by atoms with Gasteiger partial charge in [-0.2, -0.15) is 0 Å². The highest BCUT2D eigenvalue weighted by Gasteiger charge is 2.48. The maximum absolute atomic E-state index is 12.9. The topological polar surface area (TPSA) is 46.6 Å². The number of carbonyl (C=O) groups excluding carboxylic acids is 2. The van der Waals surface area contributed by atoms with Gasteiger partial charge >= 0.3 is 5.97 Å². The Hall–Kier alpha value is -1.36. The summed E-state index contributed by atoms with van der Waals surface area (Å²) in [5, 5.41) is 0. The molecule has 1 aliphatic carbocycles.